The summed E-state index contributed by atoms with van der Waals surface area (Å²) in [7, 11) is -1.94. The van der Waals surface area contributed by atoms with Crippen LogP contribution in [0.4, 0.5) is 0 Å². The summed E-state index contributed by atoms with van der Waals surface area (Å²) in [5, 5.41) is 1.08. The zero-order valence-electron chi connectivity index (χ0n) is 9.95. The first-order valence-corrected chi connectivity index (χ1v) is 7.87. The Kier molecular flexibility index (Phi) is 4.65. The van der Waals surface area contributed by atoms with Crippen LogP contribution in [0.1, 0.15) is 24.8 Å². The van der Waals surface area contributed by atoms with E-state index in [1.165, 1.54) is 22.6 Å². The van der Waals surface area contributed by atoms with Crippen LogP contribution < -0.4 is 5.73 Å². The predicted octanol–water partition coefficient (Wildman–Crippen LogP) is 1.75. The fourth-order valence-electron chi connectivity index (χ4n) is 1.32. The van der Waals surface area contributed by atoms with Crippen molar-refractivity contribution >= 4 is 38.6 Å². The van der Waals surface area contributed by atoms with Gasteiger partial charge < -0.3 is 5.73 Å². The number of thiophene rings is 1. The molecule has 0 spiro atoms. The summed E-state index contributed by atoms with van der Waals surface area (Å²) in [5.41, 5.74) is 5.41. The Labute approximate surface area is 111 Å². The van der Waals surface area contributed by atoms with Gasteiger partial charge in [-0.05, 0) is 25.3 Å². The number of rotatable bonds is 5. The van der Waals surface area contributed by atoms with Crippen LogP contribution in [-0.2, 0) is 10.0 Å². The van der Waals surface area contributed by atoms with Crippen LogP contribution in [0.15, 0.2) is 17.5 Å². The van der Waals surface area contributed by atoms with Gasteiger partial charge in [-0.15, -0.1) is 11.3 Å². The molecule has 0 aliphatic carbocycles. The van der Waals surface area contributed by atoms with Gasteiger partial charge in [0.25, 0.3) is 0 Å². The molecular formula is C10H16N2O2S3. The average Bonchev–Trinajstić information content (AvgIpc) is 2.79. The van der Waals surface area contributed by atoms with Gasteiger partial charge in [0.15, 0.2) is 0 Å². The van der Waals surface area contributed by atoms with Crippen LogP contribution in [0.25, 0.3) is 0 Å². The second kappa shape index (κ2) is 5.43. The summed E-state index contributed by atoms with van der Waals surface area (Å²) >= 11 is 6.27. The summed E-state index contributed by atoms with van der Waals surface area (Å²) in [6.07, 6.45) is 0. The van der Waals surface area contributed by atoms with E-state index in [0.29, 0.717) is 0 Å². The zero-order valence-corrected chi connectivity index (χ0v) is 12.4. The lowest BCUT2D eigenvalue weighted by Gasteiger charge is -2.26. The number of hydrogen-bond donors (Lipinski definition) is 1. The minimum atomic E-state index is -3.49. The Morgan fingerprint density at radius 3 is 2.53 bits per heavy atom. The third-order valence-electron chi connectivity index (χ3n) is 2.75. The average molecular weight is 292 g/mol. The van der Waals surface area contributed by atoms with Gasteiger partial charge >= 0.3 is 0 Å². The molecule has 0 radical (unpaired) electrons. The van der Waals surface area contributed by atoms with Gasteiger partial charge in [0.1, 0.15) is 5.25 Å². The third kappa shape index (κ3) is 3.04. The molecule has 7 heteroatoms. The minimum Gasteiger partial charge on any atom is -0.392 e. The fourth-order valence-corrected chi connectivity index (χ4v) is 3.93. The van der Waals surface area contributed by atoms with Gasteiger partial charge in [0.05, 0.1) is 11.0 Å². The topological polar surface area (TPSA) is 63.4 Å². The smallest absolute Gasteiger partial charge is 0.223 e. The van der Waals surface area contributed by atoms with Gasteiger partial charge in [-0.25, -0.2) is 8.42 Å². The molecule has 17 heavy (non-hydrogen) atoms. The largest absolute Gasteiger partial charge is 0.392 e. The quantitative estimate of drug-likeness (QED) is 0.840. The second-order valence-corrected chi connectivity index (χ2v) is 7.56. The Bertz CT molecular complexity index is 482. The van der Waals surface area contributed by atoms with Crippen molar-refractivity contribution in [3.63, 3.8) is 0 Å². The van der Waals surface area contributed by atoms with E-state index in [4.69, 9.17) is 18.0 Å². The molecule has 0 aliphatic heterocycles. The van der Waals surface area contributed by atoms with Crippen LogP contribution in [0, 0.1) is 0 Å². The first-order valence-electron chi connectivity index (χ1n) is 5.08. The summed E-state index contributed by atoms with van der Waals surface area (Å²) in [6.45, 7) is 3.35. The summed E-state index contributed by atoms with van der Waals surface area (Å²) < 4.78 is 25.7. The van der Waals surface area contributed by atoms with Crippen molar-refractivity contribution in [2.45, 2.75) is 25.1 Å². The molecule has 0 saturated carbocycles. The molecule has 0 amide bonds. The molecule has 0 bridgehead atoms. The SMILES string of the molecule is CC(c1cccs1)N(C)S(=O)(=O)C(C)C(N)=S. The van der Waals surface area contributed by atoms with Crippen molar-refractivity contribution in [1.82, 2.24) is 4.31 Å². The highest BCUT2D eigenvalue weighted by Crippen LogP contribution is 2.26. The normalized spacial score (nSPS) is 15.8. The molecule has 1 aromatic heterocycles. The molecule has 0 aromatic carbocycles. The molecule has 0 aliphatic rings. The minimum absolute atomic E-state index is 0.00442. The monoisotopic (exact) mass is 292 g/mol. The first-order chi connectivity index (χ1) is 7.78. The third-order valence-corrected chi connectivity index (χ3v) is 6.56. The highest BCUT2D eigenvalue weighted by Gasteiger charge is 2.31. The molecule has 4 nitrogen and oxygen atoms in total. The van der Waals surface area contributed by atoms with Crippen LogP contribution in [0.5, 0.6) is 0 Å². The van der Waals surface area contributed by atoms with Crippen LogP contribution in [0.3, 0.4) is 0 Å². The molecule has 1 rings (SSSR count). The Balaban J connectivity index is 2.97. The molecule has 0 saturated heterocycles. The Morgan fingerprint density at radius 2 is 2.12 bits per heavy atom. The summed E-state index contributed by atoms with van der Waals surface area (Å²) in [6, 6.07) is 3.59. The standard InChI is InChI=1S/C10H16N2O2S3/c1-7(9-5-4-6-16-9)12(3)17(13,14)8(2)10(11)15/h4-8H,1-3H3,(H2,11,15). The van der Waals surface area contributed by atoms with Gasteiger partial charge in [-0.1, -0.05) is 18.3 Å². The van der Waals surface area contributed by atoms with Crippen LogP contribution >= 0.6 is 23.6 Å². The van der Waals surface area contributed by atoms with E-state index in [0.717, 1.165) is 4.88 Å². The van der Waals surface area contributed by atoms with Gasteiger partial charge in [-0.3, -0.25) is 0 Å². The molecule has 1 heterocycles. The number of hydrogen-bond acceptors (Lipinski definition) is 4. The van der Waals surface area contributed by atoms with Crippen molar-refractivity contribution in [3.8, 4) is 0 Å². The van der Waals surface area contributed by atoms with Crippen LogP contribution in [0.2, 0.25) is 0 Å². The predicted molar refractivity (Wildman–Crippen MR) is 75.7 cm³/mol. The van der Waals surface area contributed by atoms with Crippen molar-refractivity contribution in [2.24, 2.45) is 5.73 Å². The molecule has 1 aromatic rings. The van der Waals surface area contributed by atoms with Crippen LogP contribution in [-0.4, -0.2) is 30.0 Å². The maximum atomic E-state index is 12.2. The Hall–Kier alpha value is -0.500. The van der Waals surface area contributed by atoms with E-state index in [9.17, 15) is 8.42 Å². The van der Waals surface area contributed by atoms with E-state index in [1.54, 1.807) is 7.05 Å². The highest BCUT2D eigenvalue weighted by molar-refractivity contribution is 7.92. The first kappa shape index (κ1) is 14.6. The summed E-state index contributed by atoms with van der Waals surface area (Å²) in [4.78, 5) is 0.987. The van der Waals surface area contributed by atoms with E-state index in [-0.39, 0.29) is 11.0 Å². The fraction of sp³-hybridized carbons (Fsp3) is 0.500. The lowest BCUT2D eigenvalue weighted by molar-refractivity contribution is 0.401. The lowest BCUT2D eigenvalue weighted by Crippen LogP contribution is -2.42. The maximum Gasteiger partial charge on any atom is 0.223 e. The zero-order chi connectivity index (χ0) is 13.2. The summed E-state index contributed by atoms with van der Waals surface area (Å²) in [5.74, 6) is 0. The van der Waals surface area contributed by atoms with Gasteiger partial charge in [0.2, 0.25) is 10.0 Å². The van der Waals surface area contributed by atoms with Crippen molar-refractivity contribution in [1.29, 1.82) is 0 Å². The number of nitrogens with two attached hydrogens (primary N) is 1. The van der Waals surface area contributed by atoms with Crippen molar-refractivity contribution in [2.75, 3.05) is 7.05 Å². The molecule has 96 valence electrons. The highest BCUT2D eigenvalue weighted by atomic mass is 32.2. The van der Waals surface area contributed by atoms with Gasteiger partial charge in [-0.2, -0.15) is 4.31 Å². The van der Waals surface area contributed by atoms with E-state index in [1.807, 2.05) is 24.4 Å². The van der Waals surface area contributed by atoms with Crippen molar-refractivity contribution < 1.29 is 8.42 Å². The molecule has 2 atom stereocenters. The molecular weight excluding hydrogens is 276 g/mol. The Morgan fingerprint density at radius 1 is 1.53 bits per heavy atom. The number of thiocarbonyl (C=S) groups is 1. The van der Waals surface area contributed by atoms with E-state index >= 15 is 0 Å². The molecule has 0 fully saturated rings. The molecule has 2 unspecified atom stereocenters. The second-order valence-electron chi connectivity index (χ2n) is 3.80. The maximum absolute atomic E-state index is 12.2. The van der Waals surface area contributed by atoms with Gasteiger partial charge in [0, 0.05) is 11.9 Å². The van der Waals surface area contributed by atoms with E-state index in [2.05, 4.69) is 0 Å². The lowest BCUT2D eigenvalue weighted by atomic mass is 10.3. The molecule has 2 N–H and O–H groups in total. The number of nitrogens with zero attached hydrogens (tertiary/aromatic N) is 1. The number of sulfonamides is 1. The van der Waals surface area contributed by atoms with Crippen molar-refractivity contribution in [3.05, 3.63) is 22.4 Å². The van der Waals surface area contributed by atoms with E-state index < -0.39 is 15.3 Å².